The van der Waals surface area contributed by atoms with Crippen molar-refractivity contribution in [2.45, 2.75) is 31.3 Å². The van der Waals surface area contributed by atoms with Crippen molar-refractivity contribution in [3.05, 3.63) is 24.3 Å². The Morgan fingerprint density at radius 1 is 1.29 bits per heavy atom. The summed E-state index contributed by atoms with van der Waals surface area (Å²) in [7, 11) is -1.56. The molecule has 2 bridgehead atoms. The van der Waals surface area contributed by atoms with Gasteiger partial charge < -0.3 is 9.47 Å². The van der Waals surface area contributed by atoms with Gasteiger partial charge >= 0.3 is 0 Å². The van der Waals surface area contributed by atoms with E-state index in [9.17, 15) is 8.42 Å². The van der Waals surface area contributed by atoms with Crippen LogP contribution >= 0.6 is 0 Å². The molecule has 116 valence electrons. The van der Waals surface area contributed by atoms with E-state index in [1.54, 1.807) is 11.4 Å². The van der Waals surface area contributed by atoms with Crippen LogP contribution in [0.3, 0.4) is 0 Å². The molecule has 2 aliphatic rings. The minimum absolute atomic E-state index is 0.0371. The van der Waals surface area contributed by atoms with Gasteiger partial charge in [0.15, 0.2) is 0 Å². The Morgan fingerprint density at radius 3 is 2.76 bits per heavy atom. The average Bonchev–Trinajstić information content (AvgIpc) is 3.05. The van der Waals surface area contributed by atoms with E-state index in [0.29, 0.717) is 18.3 Å². The van der Waals surface area contributed by atoms with E-state index in [2.05, 4.69) is 0 Å². The molecule has 0 N–H and O–H groups in total. The number of benzene rings is 1. The maximum atomic E-state index is 12.0. The number of rotatable bonds is 5. The number of ether oxygens (including phenoxy) is 2. The minimum Gasteiger partial charge on any atom is -0.497 e. The van der Waals surface area contributed by atoms with Gasteiger partial charge in [0.1, 0.15) is 18.1 Å². The first-order chi connectivity index (χ1) is 9.99. The lowest BCUT2D eigenvalue weighted by atomic mass is 10.0. The molecule has 2 unspecified atom stereocenters. The second-order valence-electron chi connectivity index (χ2n) is 5.88. The van der Waals surface area contributed by atoms with Gasteiger partial charge in [0.2, 0.25) is 10.0 Å². The van der Waals surface area contributed by atoms with Crippen LogP contribution in [0.5, 0.6) is 11.5 Å². The predicted molar refractivity (Wildman–Crippen MR) is 80.1 cm³/mol. The zero-order valence-corrected chi connectivity index (χ0v) is 13.2. The fraction of sp³-hybridized carbons (Fsp3) is 0.600. The van der Waals surface area contributed by atoms with Gasteiger partial charge in [-0.25, -0.2) is 8.42 Å². The van der Waals surface area contributed by atoms with E-state index in [4.69, 9.17) is 9.47 Å². The molecule has 1 saturated carbocycles. The molecule has 1 heterocycles. The Morgan fingerprint density at radius 2 is 2.05 bits per heavy atom. The summed E-state index contributed by atoms with van der Waals surface area (Å²) in [5.74, 6) is 1.88. The average molecular weight is 311 g/mol. The highest BCUT2D eigenvalue weighted by molar-refractivity contribution is 7.88. The first-order valence-corrected chi connectivity index (χ1v) is 9.09. The van der Waals surface area contributed by atoms with E-state index >= 15 is 0 Å². The number of piperidine rings is 1. The molecule has 0 spiro atoms. The highest BCUT2D eigenvalue weighted by Gasteiger charge is 2.50. The molecular formula is C15H21NO4S. The van der Waals surface area contributed by atoms with Crippen molar-refractivity contribution >= 4 is 10.0 Å². The number of sulfonamides is 1. The molecule has 1 aromatic rings. The van der Waals surface area contributed by atoms with E-state index in [1.807, 2.05) is 24.3 Å². The van der Waals surface area contributed by atoms with Crippen LogP contribution < -0.4 is 9.47 Å². The molecule has 3 atom stereocenters. The molecule has 21 heavy (non-hydrogen) atoms. The summed E-state index contributed by atoms with van der Waals surface area (Å²) in [6.45, 7) is 0.404. The zero-order valence-electron chi connectivity index (χ0n) is 12.4. The fourth-order valence-corrected chi connectivity index (χ4v) is 5.11. The topological polar surface area (TPSA) is 55.8 Å². The molecule has 3 rings (SSSR count). The van der Waals surface area contributed by atoms with Crippen molar-refractivity contribution < 1.29 is 17.9 Å². The van der Waals surface area contributed by atoms with Crippen molar-refractivity contribution in [1.82, 2.24) is 4.31 Å². The third kappa shape index (κ3) is 2.87. The van der Waals surface area contributed by atoms with Crippen LogP contribution in [-0.2, 0) is 10.0 Å². The van der Waals surface area contributed by atoms with Crippen molar-refractivity contribution in [3.8, 4) is 11.5 Å². The van der Waals surface area contributed by atoms with Gasteiger partial charge in [-0.05, 0) is 37.3 Å². The summed E-state index contributed by atoms with van der Waals surface area (Å²) >= 11 is 0. The number of hydrogen-bond donors (Lipinski definition) is 0. The van der Waals surface area contributed by atoms with Gasteiger partial charge in [0, 0.05) is 12.1 Å². The standard InChI is InChI=1S/C15H21NO4S/c1-19-13-4-3-5-14(9-13)20-10-15-11-6-7-12(8-11)16(15)21(2,17)18/h3-5,9,11-12,15H,6-8,10H2,1-2H3/t11?,12?,15-/m0/s1. The second kappa shape index (κ2) is 5.50. The Balaban J connectivity index is 1.71. The third-order valence-electron chi connectivity index (χ3n) is 4.52. The minimum atomic E-state index is -3.17. The Bertz CT molecular complexity index is 616. The number of methoxy groups -OCH3 is 1. The molecule has 5 nitrogen and oxygen atoms in total. The highest BCUT2D eigenvalue weighted by atomic mass is 32.2. The molecule has 1 aromatic carbocycles. The SMILES string of the molecule is COc1cccc(OC[C@H]2C3CCC(C3)N2S(C)(=O)=O)c1. The quantitative estimate of drug-likeness (QED) is 0.833. The molecule has 1 saturated heterocycles. The highest BCUT2D eigenvalue weighted by Crippen LogP contribution is 2.43. The van der Waals surface area contributed by atoms with Crippen molar-refractivity contribution in [3.63, 3.8) is 0 Å². The van der Waals surface area contributed by atoms with Gasteiger partial charge in [-0.1, -0.05) is 6.07 Å². The lowest BCUT2D eigenvalue weighted by Crippen LogP contribution is -2.47. The van der Waals surface area contributed by atoms with Crippen LogP contribution in [0.25, 0.3) is 0 Å². The summed E-state index contributed by atoms with van der Waals surface area (Å²) in [6.07, 6.45) is 4.35. The molecule has 1 aliphatic carbocycles. The van der Waals surface area contributed by atoms with Gasteiger partial charge in [-0.15, -0.1) is 0 Å². The van der Waals surface area contributed by atoms with Crippen LogP contribution in [0.4, 0.5) is 0 Å². The predicted octanol–water partition coefficient (Wildman–Crippen LogP) is 1.89. The molecule has 1 aliphatic heterocycles. The van der Waals surface area contributed by atoms with Crippen molar-refractivity contribution in [1.29, 1.82) is 0 Å². The van der Waals surface area contributed by atoms with Gasteiger partial charge in [0.05, 0.1) is 19.4 Å². The van der Waals surface area contributed by atoms with Gasteiger partial charge in [-0.2, -0.15) is 4.31 Å². The molecule has 2 fully saturated rings. The number of hydrogen-bond acceptors (Lipinski definition) is 4. The second-order valence-corrected chi connectivity index (χ2v) is 7.76. The number of fused-ring (bicyclic) bond motifs is 2. The molecule has 0 amide bonds. The van der Waals surface area contributed by atoms with Gasteiger partial charge in [-0.3, -0.25) is 0 Å². The van der Waals surface area contributed by atoms with E-state index in [-0.39, 0.29) is 12.1 Å². The first kappa shape index (κ1) is 14.7. The Kier molecular flexibility index (Phi) is 3.84. The monoisotopic (exact) mass is 311 g/mol. The smallest absolute Gasteiger partial charge is 0.211 e. The summed E-state index contributed by atoms with van der Waals surface area (Å²) in [5.41, 5.74) is 0. The largest absolute Gasteiger partial charge is 0.497 e. The Hall–Kier alpha value is -1.27. The summed E-state index contributed by atoms with van der Waals surface area (Å²) in [6, 6.07) is 7.53. The van der Waals surface area contributed by atoms with E-state index < -0.39 is 10.0 Å². The first-order valence-electron chi connectivity index (χ1n) is 7.24. The van der Waals surface area contributed by atoms with Crippen LogP contribution in [0.1, 0.15) is 19.3 Å². The normalized spacial score (nSPS) is 28.8. The van der Waals surface area contributed by atoms with Crippen LogP contribution in [-0.4, -0.2) is 44.8 Å². The lowest BCUT2D eigenvalue weighted by molar-refractivity contribution is 0.163. The fourth-order valence-electron chi connectivity index (χ4n) is 3.65. The van der Waals surface area contributed by atoms with Crippen LogP contribution in [0.2, 0.25) is 0 Å². The molecule has 0 aromatic heterocycles. The summed E-state index contributed by atoms with van der Waals surface area (Å²) < 4.78 is 36.6. The third-order valence-corrected chi connectivity index (χ3v) is 5.86. The van der Waals surface area contributed by atoms with Gasteiger partial charge in [0.25, 0.3) is 0 Å². The van der Waals surface area contributed by atoms with Crippen LogP contribution in [0, 0.1) is 5.92 Å². The maximum Gasteiger partial charge on any atom is 0.211 e. The molecular weight excluding hydrogens is 290 g/mol. The van der Waals surface area contributed by atoms with Crippen molar-refractivity contribution in [2.75, 3.05) is 20.0 Å². The summed E-state index contributed by atoms with van der Waals surface area (Å²) in [4.78, 5) is 0. The summed E-state index contributed by atoms with van der Waals surface area (Å²) in [5, 5.41) is 0. The van der Waals surface area contributed by atoms with Crippen molar-refractivity contribution in [2.24, 2.45) is 5.92 Å². The molecule has 6 heteroatoms. The lowest BCUT2D eigenvalue weighted by Gasteiger charge is -2.33. The van der Waals surface area contributed by atoms with E-state index in [1.165, 1.54) is 6.26 Å². The van der Waals surface area contributed by atoms with E-state index in [0.717, 1.165) is 25.0 Å². The Labute approximate surface area is 125 Å². The maximum absolute atomic E-state index is 12.0. The molecule has 0 radical (unpaired) electrons. The van der Waals surface area contributed by atoms with Crippen LogP contribution in [0.15, 0.2) is 24.3 Å². The zero-order chi connectivity index (χ0) is 15.0. The number of nitrogens with zero attached hydrogens (tertiary/aromatic N) is 1.